The zero-order valence-corrected chi connectivity index (χ0v) is 12.3. The molecule has 2 aromatic carbocycles. The number of hydrogen-bond acceptors (Lipinski definition) is 2. The minimum atomic E-state index is 0.00718. The van der Waals surface area contributed by atoms with Gasteiger partial charge in [0, 0.05) is 24.7 Å². The molecule has 1 aliphatic rings. The van der Waals surface area contributed by atoms with Gasteiger partial charge in [-0.1, -0.05) is 42.5 Å². The van der Waals surface area contributed by atoms with Gasteiger partial charge in [0.05, 0.1) is 0 Å². The number of rotatable bonds is 3. The molecule has 0 radical (unpaired) electrons. The Kier molecular flexibility index (Phi) is 3.76. The summed E-state index contributed by atoms with van der Waals surface area (Å²) in [5, 5.41) is 0. The summed E-state index contributed by atoms with van der Waals surface area (Å²) in [5.74, 6) is 0.122. The third-order valence-electron chi connectivity index (χ3n) is 4.04. The van der Waals surface area contributed by atoms with E-state index < -0.39 is 0 Å². The number of amides is 1. The topological polar surface area (TPSA) is 46.3 Å². The Morgan fingerprint density at radius 2 is 1.95 bits per heavy atom. The number of carbonyl (C=O) groups excluding carboxylic acids is 1. The zero-order valence-electron chi connectivity index (χ0n) is 12.3. The van der Waals surface area contributed by atoms with Crippen molar-refractivity contribution in [2.45, 2.75) is 25.9 Å². The highest BCUT2D eigenvalue weighted by molar-refractivity contribution is 5.96. The van der Waals surface area contributed by atoms with Crippen molar-refractivity contribution in [3.63, 3.8) is 0 Å². The summed E-state index contributed by atoms with van der Waals surface area (Å²) in [4.78, 5) is 14.5. The van der Waals surface area contributed by atoms with Crippen molar-refractivity contribution in [2.75, 3.05) is 6.54 Å². The summed E-state index contributed by atoms with van der Waals surface area (Å²) >= 11 is 0. The number of benzene rings is 2. The molecule has 2 N–H and O–H groups in total. The molecule has 1 heterocycles. The molecule has 108 valence electrons. The maximum atomic E-state index is 12.6. The predicted octanol–water partition coefficient (Wildman–Crippen LogP) is 2.90. The number of fused-ring (bicyclic) bond motifs is 1. The first-order valence-corrected chi connectivity index (χ1v) is 7.37. The molecule has 0 aliphatic carbocycles. The average molecular weight is 280 g/mol. The molecule has 0 saturated carbocycles. The molecule has 3 rings (SSSR count). The van der Waals surface area contributed by atoms with Crippen LogP contribution in [0.1, 0.15) is 40.0 Å². The van der Waals surface area contributed by atoms with E-state index in [-0.39, 0.29) is 11.9 Å². The molecule has 21 heavy (non-hydrogen) atoms. The molecule has 2 aromatic rings. The van der Waals surface area contributed by atoms with E-state index in [1.54, 1.807) is 0 Å². The van der Waals surface area contributed by atoms with Gasteiger partial charge in [0.1, 0.15) is 0 Å². The van der Waals surface area contributed by atoms with Crippen LogP contribution in [-0.4, -0.2) is 17.4 Å². The number of carbonyl (C=O) groups is 1. The van der Waals surface area contributed by atoms with Gasteiger partial charge >= 0.3 is 0 Å². The second-order valence-corrected chi connectivity index (χ2v) is 5.67. The van der Waals surface area contributed by atoms with Crippen molar-refractivity contribution in [3.05, 3.63) is 70.8 Å². The third kappa shape index (κ3) is 2.83. The molecule has 3 heteroatoms. The van der Waals surface area contributed by atoms with Gasteiger partial charge < -0.3 is 10.6 Å². The van der Waals surface area contributed by atoms with E-state index in [1.165, 1.54) is 5.56 Å². The molecule has 0 spiro atoms. The fraction of sp³-hybridized carbons (Fsp3) is 0.278. The first-order valence-electron chi connectivity index (χ1n) is 7.37. The molecular weight excluding hydrogens is 260 g/mol. The van der Waals surface area contributed by atoms with Crippen LogP contribution in [0.5, 0.6) is 0 Å². The van der Waals surface area contributed by atoms with E-state index in [2.05, 4.69) is 18.2 Å². The highest BCUT2D eigenvalue weighted by Gasteiger charge is 2.24. The van der Waals surface area contributed by atoms with Crippen molar-refractivity contribution < 1.29 is 4.79 Å². The lowest BCUT2D eigenvalue weighted by Gasteiger charge is -2.29. The van der Waals surface area contributed by atoms with Gasteiger partial charge in [-0.25, -0.2) is 0 Å². The lowest BCUT2D eigenvalue weighted by molar-refractivity contribution is 0.0727. The van der Waals surface area contributed by atoms with Gasteiger partial charge in [0.2, 0.25) is 0 Å². The predicted molar refractivity (Wildman–Crippen MR) is 83.9 cm³/mol. The summed E-state index contributed by atoms with van der Waals surface area (Å²) < 4.78 is 0. The summed E-state index contributed by atoms with van der Waals surface area (Å²) in [5.41, 5.74) is 10.1. The zero-order chi connectivity index (χ0) is 14.8. The van der Waals surface area contributed by atoms with Crippen LogP contribution < -0.4 is 5.73 Å². The van der Waals surface area contributed by atoms with Gasteiger partial charge in [-0.2, -0.15) is 0 Å². The summed E-state index contributed by atoms with van der Waals surface area (Å²) in [6.45, 7) is 3.41. The van der Waals surface area contributed by atoms with E-state index in [1.807, 2.05) is 42.2 Å². The van der Waals surface area contributed by atoms with Crippen molar-refractivity contribution in [1.82, 2.24) is 4.90 Å². The Labute approximate surface area is 125 Å². The largest absolute Gasteiger partial charge is 0.334 e. The fourth-order valence-corrected chi connectivity index (χ4v) is 2.79. The minimum absolute atomic E-state index is 0.00718. The van der Waals surface area contributed by atoms with E-state index in [0.717, 1.165) is 29.7 Å². The SMILES string of the molecule is CC(N)c1ccc2c(c1)CCN(Cc1ccccc1)C2=O. The molecule has 0 aromatic heterocycles. The summed E-state index contributed by atoms with van der Waals surface area (Å²) in [7, 11) is 0. The lowest BCUT2D eigenvalue weighted by Crippen LogP contribution is -2.37. The monoisotopic (exact) mass is 280 g/mol. The average Bonchev–Trinajstić information content (AvgIpc) is 2.51. The summed E-state index contributed by atoms with van der Waals surface area (Å²) in [6, 6.07) is 16.1. The number of nitrogens with zero attached hydrogens (tertiary/aromatic N) is 1. The van der Waals surface area contributed by atoms with Crippen molar-refractivity contribution in [3.8, 4) is 0 Å². The van der Waals surface area contributed by atoms with Crippen LogP contribution >= 0.6 is 0 Å². The van der Waals surface area contributed by atoms with Crippen molar-refractivity contribution in [1.29, 1.82) is 0 Å². The van der Waals surface area contributed by atoms with E-state index in [9.17, 15) is 4.79 Å². The minimum Gasteiger partial charge on any atom is -0.334 e. The normalized spacial score (nSPS) is 15.7. The van der Waals surface area contributed by atoms with Crippen LogP contribution in [0.25, 0.3) is 0 Å². The quantitative estimate of drug-likeness (QED) is 0.939. The van der Waals surface area contributed by atoms with Crippen LogP contribution in [0, 0.1) is 0 Å². The first-order chi connectivity index (χ1) is 10.1. The van der Waals surface area contributed by atoms with E-state index in [4.69, 9.17) is 5.73 Å². The molecule has 3 nitrogen and oxygen atoms in total. The van der Waals surface area contributed by atoms with Gasteiger partial charge in [-0.15, -0.1) is 0 Å². The standard InChI is InChI=1S/C18H20N2O/c1-13(19)15-7-8-17-16(11-15)9-10-20(18(17)21)12-14-5-3-2-4-6-14/h2-8,11,13H,9-10,12,19H2,1H3. The first kappa shape index (κ1) is 13.8. The highest BCUT2D eigenvalue weighted by atomic mass is 16.2. The van der Waals surface area contributed by atoms with Gasteiger partial charge in [-0.05, 0) is 36.1 Å². The third-order valence-corrected chi connectivity index (χ3v) is 4.04. The second-order valence-electron chi connectivity index (χ2n) is 5.67. The van der Waals surface area contributed by atoms with Gasteiger partial charge in [-0.3, -0.25) is 4.79 Å². The van der Waals surface area contributed by atoms with Crippen LogP contribution in [-0.2, 0) is 13.0 Å². The Balaban J connectivity index is 1.82. The van der Waals surface area contributed by atoms with Gasteiger partial charge in [0.15, 0.2) is 0 Å². The fourth-order valence-electron chi connectivity index (χ4n) is 2.79. The molecular formula is C18H20N2O. The van der Waals surface area contributed by atoms with Crippen LogP contribution in [0.2, 0.25) is 0 Å². The Bertz CT molecular complexity index is 650. The Hall–Kier alpha value is -2.13. The van der Waals surface area contributed by atoms with Gasteiger partial charge in [0.25, 0.3) is 5.91 Å². The maximum absolute atomic E-state index is 12.6. The van der Waals surface area contributed by atoms with Crippen LogP contribution in [0.4, 0.5) is 0 Å². The van der Waals surface area contributed by atoms with Crippen LogP contribution in [0.3, 0.4) is 0 Å². The Morgan fingerprint density at radius 3 is 2.67 bits per heavy atom. The van der Waals surface area contributed by atoms with Crippen molar-refractivity contribution in [2.24, 2.45) is 5.73 Å². The molecule has 0 fully saturated rings. The number of hydrogen-bond donors (Lipinski definition) is 1. The Morgan fingerprint density at radius 1 is 1.19 bits per heavy atom. The van der Waals surface area contributed by atoms with E-state index in [0.29, 0.717) is 6.54 Å². The molecule has 1 aliphatic heterocycles. The molecule has 0 saturated heterocycles. The highest BCUT2D eigenvalue weighted by Crippen LogP contribution is 2.23. The number of nitrogens with two attached hydrogens (primary N) is 1. The molecule has 1 atom stereocenters. The van der Waals surface area contributed by atoms with Crippen molar-refractivity contribution >= 4 is 5.91 Å². The molecule has 0 bridgehead atoms. The lowest BCUT2D eigenvalue weighted by atomic mass is 9.94. The molecule has 1 amide bonds. The molecule has 1 unspecified atom stereocenters. The smallest absolute Gasteiger partial charge is 0.254 e. The maximum Gasteiger partial charge on any atom is 0.254 e. The summed E-state index contributed by atoms with van der Waals surface area (Å²) in [6.07, 6.45) is 0.897. The van der Waals surface area contributed by atoms with E-state index >= 15 is 0 Å². The second kappa shape index (κ2) is 5.70. The van der Waals surface area contributed by atoms with Crippen LogP contribution in [0.15, 0.2) is 48.5 Å².